The number of unbranched alkanes of at least 4 members (excludes halogenated alkanes) is 3. The van der Waals surface area contributed by atoms with Crippen LogP contribution in [0.25, 0.3) is 15.9 Å². The maximum Gasteiger partial charge on any atom is 0.275 e. The Labute approximate surface area is 200 Å². The molecule has 1 aromatic carbocycles. The van der Waals surface area contributed by atoms with Crippen molar-refractivity contribution < 1.29 is 0 Å². The summed E-state index contributed by atoms with van der Waals surface area (Å²) in [5, 5.41) is 6.29. The highest BCUT2D eigenvalue weighted by Crippen LogP contribution is 2.22. The standard InChI is InChI=1S/C24H29N5O2S2/c1-16(2)10-6-4-5-9-13-28-22(31)19-11-7-8-12-20(19)26-23(28)32-15-18-14-21(30)29-24(25-18)33-17(3)27-29/h7-8,11-12,14,16H,4-6,9-10,13,15H2,1-3H3. The minimum absolute atomic E-state index is 0.00755. The average molecular weight is 484 g/mol. The van der Waals surface area contributed by atoms with Crippen LogP contribution in [0.15, 0.2) is 45.1 Å². The van der Waals surface area contributed by atoms with Crippen LogP contribution in [0, 0.1) is 12.8 Å². The third-order valence-corrected chi connectivity index (χ3v) is 7.32. The molecule has 4 rings (SSSR count). The minimum Gasteiger partial charge on any atom is -0.287 e. The number of benzene rings is 1. The normalized spacial score (nSPS) is 11.8. The van der Waals surface area contributed by atoms with Gasteiger partial charge in [0.05, 0.1) is 16.6 Å². The fraction of sp³-hybridized carbons (Fsp3) is 0.458. The number of fused-ring (bicyclic) bond motifs is 2. The summed E-state index contributed by atoms with van der Waals surface area (Å²) in [7, 11) is 0. The molecular weight excluding hydrogens is 454 g/mol. The summed E-state index contributed by atoms with van der Waals surface area (Å²) in [6, 6.07) is 8.98. The summed E-state index contributed by atoms with van der Waals surface area (Å²) in [6.45, 7) is 7.00. The van der Waals surface area contributed by atoms with E-state index in [1.807, 2.05) is 31.2 Å². The van der Waals surface area contributed by atoms with Crippen LogP contribution in [0.5, 0.6) is 0 Å². The largest absolute Gasteiger partial charge is 0.287 e. The molecule has 9 heteroatoms. The quantitative estimate of drug-likeness (QED) is 0.178. The molecule has 0 fully saturated rings. The SMILES string of the molecule is Cc1nn2c(=O)cc(CSc3nc4ccccc4c(=O)n3CCCCCCC(C)C)nc2s1. The molecule has 0 N–H and O–H groups in total. The Balaban J connectivity index is 1.54. The van der Waals surface area contributed by atoms with Crippen molar-refractivity contribution in [1.29, 1.82) is 0 Å². The van der Waals surface area contributed by atoms with Gasteiger partial charge in [0.2, 0.25) is 4.96 Å². The maximum atomic E-state index is 13.2. The van der Waals surface area contributed by atoms with Gasteiger partial charge in [-0.25, -0.2) is 9.97 Å². The van der Waals surface area contributed by atoms with Crippen LogP contribution in [-0.2, 0) is 12.3 Å². The molecule has 0 atom stereocenters. The molecule has 0 saturated carbocycles. The summed E-state index contributed by atoms with van der Waals surface area (Å²) in [6.07, 6.45) is 5.69. The van der Waals surface area contributed by atoms with E-state index in [9.17, 15) is 9.59 Å². The van der Waals surface area contributed by atoms with Gasteiger partial charge in [0.25, 0.3) is 11.1 Å². The van der Waals surface area contributed by atoms with E-state index in [1.165, 1.54) is 52.9 Å². The van der Waals surface area contributed by atoms with Gasteiger partial charge >= 0.3 is 0 Å². The molecule has 0 spiro atoms. The van der Waals surface area contributed by atoms with E-state index in [-0.39, 0.29) is 11.1 Å². The Hall–Kier alpha value is -2.52. The number of hydrogen-bond donors (Lipinski definition) is 0. The smallest absolute Gasteiger partial charge is 0.275 e. The first kappa shape index (κ1) is 23.6. The number of aromatic nitrogens is 5. The lowest BCUT2D eigenvalue weighted by Gasteiger charge is -2.13. The lowest BCUT2D eigenvalue weighted by molar-refractivity contribution is 0.491. The summed E-state index contributed by atoms with van der Waals surface area (Å²) in [4.78, 5) is 35.6. The molecule has 0 aliphatic rings. The summed E-state index contributed by atoms with van der Waals surface area (Å²) >= 11 is 2.84. The van der Waals surface area contributed by atoms with Crippen molar-refractivity contribution in [3.8, 4) is 0 Å². The predicted octanol–water partition coefficient (Wildman–Crippen LogP) is 5.07. The van der Waals surface area contributed by atoms with Gasteiger partial charge in [0, 0.05) is 18.4 Å². The molecule has 4 aromatic rings. The van der Waals surface area contributed by atoms with E-state index in [0.29, 0.717) is 39.0 Å². The van der Waals surface area contributed by atoms with E-state index in [4.69, 9.17) is 4.98 Å². The van der Waals surface area contributed by atoms with Gasteiger partial charge in [-0.2, -0.15) is 9.61 Å². The molecule has 0 bridgehead atoms. The minimum atomic E-state index is -0.190. The van der Waals surface area contributed by atoms with Crippen molar-refractivity contribution in [2.24, 2.45) is 5.92 Å². The zero-order chi connectivity index (χ0) is 23.4. The Morgan fingerprint density at radius 2 is 1.85 bits per heavy atom. The van der Waals surface area contributed by atoms with Gasteiger partial charge < -0.3 is 0 Å². The molecule has 3 aromatic heterocycles. The fourth-order valence-corrected chi connectivity index (χ4v) is 5.48. The van der Waals surface area contributed by atoms with Gasteiger partial charge in [-0.1, -0.05) is 74.8 Å². The van der Waals surface area contributed by atoms with Crippen LogP contribution in [0.1, 0.15) is 56.7 Å². The number of thioether (sulfide) groups is 1. The van der Waals surface area contributed by atoms with Gasteiger partial charge in [0.1, 0.15) is 5.01 Å². The first-order valence-electron chi connectivity index (χ1n) is 11.4. The zero-order valence-corrected chi connectivity index (χ0v) is 20.9. The highest BCUT2D eigenvalue weighted by molar-refractivity contribution is 7.98. The predicted molar refractivity (Wildman–Crippen MR) is 135 cm³/mol. The topological polar surface area (TPSA) is 82.2 Å². The summed E-state index contributed by atoms with van der Waals surface area (Å²) in [5.41, 5.74) is 1.16. The number of nitrogens with zero attached hydrogens (tertiary/aromatic N) is 5. The second kappa shape index (κ2) is 10.6. The molecule has 33 heavy (non-hydrogen) atoms. The Kier molecular flexibility index (Phi) is 7.60. The molecule has 174 valence electrons. The third-order valence-electron chi connectivity index (χ3n) is 5.49. The van der Waals surface area contributed by atoms with Gasteiger partial charge in [0.15, 0.2) is 5.16 Å². The number of aryl methyl sites for hydroxylation is 1. The monoisotopic (exact) mass is 483 g/mol. The number of hydrogen-bond acceptors (Lipinski definition) is 7. The van der Waals surface area contributed by atoms with Crippen molar-refractivity contribution in [2.45, 2.75) is 70.3 Å². The zero-order valence-electron chi connectivity index (χ0n) is 19.3. The average Bonchev–Trinajstić information content (AvgIpc) is 3.16. The maximum absolute atomic E-state index is 13.2. The second-order valence-electron chi connectivity index (χ2n) is 8.65. The molecule has 0 saturated heterocycles. The first-order valence-corrected chi connectivity index (χ1v) is 13.2. The van der Waals surface area contributed by atoms with Crippen LogP contribution in [0.3, 0.4) is 0 Å². The van der Waals surface area contributed by atoms with E-state index >= 15 is 0 Å². The molecule has 3 heterocycles. The highest BCUT2D eigenvalue weighted by atomic mass is 32.2. The van der Waals surface area contributed by atoms with Crippen LogP contribution in [0.4, 0.5) is 0 Å². The van der Waals surface area contributed by atoms with Crippen molar-refractivity contribution in [1.82, 2.24) is 24.1 Å². The molecular formula is C24H29N5O2S2. The highest BCUT2D eigenvalue weighted by Gasteiger charge is 2.13. The Morgan fingerprint density at radius 3 is 2.67 bits per heavy atom. The molecule has 0 radical (unpaired) electrons. The van der Waals surface area contributed by atoms with Crippen LogP contribution in [0.2, 0.25) is 0 Å². The number of rotatable bonds is 10. The lowest BCUT2D eigenvalue weighted by atomic mass is 10.0. The molecule has 7 nitrogen and oxygen atoms in total. The van der Waals surface area contributed by atoms with E-state index in [0.717, 1.165) is 23.8 Å². The van der Waals surface area contributed by atoms with Crippen LogP contribution < -0.4 is 11.1 Å². The lowest BCUT2D eigenvalue weighted by Crippen LogP contribution is -2.23. The van der Waals surface area contributed by atoms with Gasteiger partial charge in [-0.05, 0) is 31.4 Å². The van der Waals surface area contributed by atoms with E-state index in [2.05, 4.69) is 23.9 Å². The summed E-state index contributed by atoms with van der Waals surface area (Å²) in [5.74, 6) is 1.19. The van der Waals surface area contributed by atoms with Crippen molar-refractivity contribution in [2.75, 3.05) is 0 Å². The van der Waals surface area contributed by atoms with Crippen molar-refractivity contribution >= 4 is 39.0 Å². The van der Waals surface area contributed by atoms with Crippen molar-refractivity contribution in [3.63, 3.8) is 0 Å². The fourth-order valence-electron chi connectivity index (χ4n) is 3.80. The molecule has 0 aliphatic heterocycles. The second-order valence-corrected chi connectivity index (χ2v) is 10.8. The molecule has 0 unspecified atom stereocenters. The molecule has 0 aliphatic carbocycles. The van der Waals surface area contributed by atoms with Gasteiger partial charge in [-0.15, -0.1) is 0 Å². The molecule has 0 amide bonds. The van der Waals surface area contributed by atoms with Crippen molar-refractivity contribution in [3.05, 3.63) is 61.7 Å². The van der Waals surface area contributed by atoms with Gasteiger partial charge in [-0.3, -0.25) is 14.2 Å². The Morgan fingerprint density at radius 1 is 1.06 bits per heavy atom. The van der Waals surface area contributed by atoms with E-state index < -0.39 is 0 Å². The first-order chi connectivity index (χ1) is 15.9. The number of para-hydroxylation sites is 1. The van der Waals surface area contributed by atoms with Crippen LogP contribution >= 0.6 is 23.1 Å². The van der Waals surface area contributed by atoms with Crippen LogP contribution in [-0.4, -0.2) is 24.1 Å². The summed E-state index contributed by atoms with van der Waals surface area (Å²) < 4.78 is 3.12. The Bertz CT molecular complexity index is 1370. The third kappa shape index (κ3) is 5.70. The van der Waals surface area contributed by atoms with E-state index in [1.54, 1.807) is 4.57 Å².